The van der Waals surface area contributed by atoms with Crippen molar-refractivity contribution in [2.75, 3.05) is 11.9 Å². The van der Waals surface area contributed by atoms with E-state index in [1.165, 1.54) is 23.9 Å². The summed E-state index contributed by atoms with van der Waals surface area (Å²) in [6, 6.07) is 1.17. The molecule has 8 nitrogen and oxygen atoms in total. The van der Waals surface area contributed by atoms with Gasteiger partial charge in [0, 0.05) is 24.3 Å². The third-order valence-electron chi connectivity index (χ3n) is 4.34. The number of carbonyl (C=O) groups excluding carboxylic acids is 3. The van der Waals surface area contributed by atoms with Gasteiger partial charge in [0.1, 0.15) is 12.3 Å². The van der Waals surface area contributed by atoms with E-state index in [0.29, 0.717) is 43.0 Å². The van der Waals surface area contributed by atoms with Crippen LogP contribution in [0.25, 0.3) is 0 Å². The van der Waals surface area contributed by atoms with Gasteiger partial charge in [-0.15, -0.1) is 0 Å². The number of thiazole rings is 1. The van der Waals surface area contributed by atoms with Crippen LogP contribution in [-0.4, -0.2) is 40.2 Å². The first kappa shape index (κ1) is 15.8. The number of fused-ring (bicyclic) bond motifs is 1. The summed E-state index contributed by atoms with van der Waals surface area (Å²) in [7, 11) is 0. The van der Waals surface area contributed by atoms with Crippen LogP contribution in [0.15, 0.2) is 23.0 Å². The highest BCUT2D eigenvalue weighted by Crippen LogP contribution is 2.29. The van der Waals surface area contributed by atoms with Crippen LogP contribution < -0.4 is 10.6 Å². The zero-order valence-electron chi connectivity index (χ0n) is 13.3. The quantitative estimate of drug-likeness (QED) is 0.854. The summed E-state index contributed by atoms with van der Waals surface area (Å²) in [5, 5.41) is 5.98. The van der Waals surface area contributed by atoms with E-state index >= 15 is 0 Å². The average molecular weight is 360 g/mol. The van der Waals surface area contributed by atoms with E-state index in [4.69, 9.17) is 4.42 Å². The number of anilines is 1. The van der Waals surface area contributed by atoms with Gasteiger partial charge in [-0.25, -0.2) is 4.98 Å². The lowest BCUT2D eigenvalue weighted by atomic mass is 10.1. The van der Waals surface area contributed by atoms with Crippen LogP contribution in [0.3, 0.4) is 0 Å². The van der Waals surface area contributed by atoms with Gasteiger partial charge in [0.05, 0.1) is 24.1 Å². The van der Waals surface area contributed by atoms with Gasteiger partial charge >= 0.3 is 0 Å². The molecule has 25 heavy (non-hydrogen) atoms. The van der Waals surface area contributed by atoms with Gasteiger partial charge in [0.15, 0.2) is 5.13 Å². The van der Waals surface area contributed by atoms with Crippen LogP contribution in [0.2, 0.25) is 0 Å². The molecule has 1 saturated heterocycles. The van der Waals surface area contributed by atoms with E-state index < -0.39 is 6.04 Å². The van der Waals surface area contributed by atoms with Gasteiger partial charge in [-0.3, -0.25) is 19.7 Å². The highest BCUT2D eigenvalue weighted by atomic mass is 32.1. The summed E-state index contributed by atoms with van der Waals surface area (Å²) >= 11 is 1.37. The maximum atomic E-state index is 12.5. The van der Waals surface area contributed by atoms with Gasteiger partial charge < -0.3 is 14.6 Å². The molecule has 2 aromatic heterocycles. The zero-order valence-corrected chi connectivity index (χ0v) is 14.1. The summed E-state index contributed by atoms with van der Waals surface area (Å²) in [6.07, 6.45) is 4.40. The molecule has 0 radical (unpaired) electrons. The van der Waals surface area contributed by atoms with Gasteiger partial charge in [-0.1, -0.05) is 11.3 Å². The van der Waals surface area contributed by atoms with E-state index in [1.807, 2.05) is 0 Å². The second kappa shape index (κ2) is 6.32. The minimum Gasteiger partial charge on any atom is -0.472 e. The lowest BCUT2D eigenvalue weighted by Gasteiger charge is -2.28. The highest BCUT2D eigenvalue weighted by Gasteiger charge is 2.33. The summed E-state index contributed by atoms with van der Waals surface area (Å²) in [4.78, 5) is 43.0. The molecule has 0 aliphatic carbocycles. The maximum absolute atomic E-state index is 12.5. The second-order valence-corrected chi connectivity index (χ2v) is 7.11. The molecular weight excluding hydrogens is 344 g/mol. The minimum absolute atomic E-state index is 0.0473. The van der Waals surface area contributed by atoms with Crippen molar-refractivity contribution in [2.24, 2.45) is 0 Å². The Morgan fingerprint density at radius 3 is 3.00 bits per heavy atom. The predicted molar refractivity (Wildman–Crippen MR) is 89.1 cm³/mol. The fraction of sp³-hybridized carbons (Fsp3) is 0.375. The summed E-state index contributed by atoms with van der Waals surface area (Å²) < 4.78 is 4.90. The Kier molecular flexibility index (Phi) is 4.00. The van der Waals surface area contributed by atoms with Gasteiger partial charge in [0.25, 0.3) is 5.91 Å². The lowest BCUT2D eigenvalue weighted by molar-refractivity contribution is -0.135. The average Bonchev–Trinajstić information content (AvgIpc) is 3.33. The molecule has 4 rings (SSSR count). The molecule has 0 saturated carbocycles. The maximum Gasteiger partial charge on any atom is 0.260 e. The molecule has 2 aliphatic rings. The Morgan fingerprint density at radius 2 is 2.28 bits per heavy atom. The number of rotatable bonds is 3. The first-order valence-electron chi connectivity index (χ1n) is 8.00. The molecule has 0 bridgehead atoms. The second-order valence-electron chi connectivity index (χ2n) is 6.02. The molecule has 1 atom stereocenters. The van der Waals surface area contributed by atoms with Crippen LogP contribution in [0.4, 0.5) is 5.13 Å². The molecule has 2 N–H and O–H groups in total. The van der Waals surface area contributed by atoms with Crippen molar-refractivity contribution in [3.63, 3.8) is 0 Å². The largest absolute Gasteiger partial charge is 0.472 e. The molecule has 3 amide bonds. The predicted octanol–water partition coefficient (Wildman–Crippen LogP) is 1.15. The molecule has 1 fully saturated rings. The fourth-order valence-electron chi connectivity index (χ4n) is 3.02. The van der Waals surface area contributed by atoms with Crippen molar-refractivity contribution >= 4 is 34.2 Å². The van der Waals surface area contributed by atoms with Crippen LogP contribution in [0.1, 0.15) is 33.8 Å². The van der Waals surface area contributed by atoms with E-state index in [-0.39, 0.29) is 17.7 Å². The molecular formula is C16H16N4O4S. The van der Waals surface area contributed by atoms with E-state index in [1.54, 1.807) is 11.0 Å². The monoisotopic (exact) mass is 360 g/mol. The molecule has 0 unspecified atom stereocenters. The Hall–Kier alpha value is -2.68. The zero-order chi connectivity index (χ0) is 17.4. The van der Waals surface area contributed by atoms with Crippen molar-refractivity contribution in [1.29, 1.82) is 0 Å². The van der Waals surface area contributed by atoms with Crippen molar-refractivity contribution in [3.05, 3.63) is 34.7 Å². The van der Waals surface area contributed by atoms with Crippen LogP contribution in [-0.2, 0) is 22.6 Å². The summed E-state index contributed by atoms with van der Waals surface area (Å²) in [5.41, 5.74) is 1.34. The smallest absolute Gasteiger partial charge is 0.260 e. The van der Waals surface area contributed by atoms with Crippen molar-refractivity contribution < 1.29 is 18.8 Å². The number of furan rings is 1. The normalized spacial score (nSPS) is 19.4. The Morgan fingerprint density at radius 1 is 1.40 bits per heavy atom. The van der Waals surface area contributed by atoms with E-state index in [0.717, 1.165) is 10.6 Å². The van der Waals surface area contributed by atoms with Crippen molar-refractivity contribution in [1.82, 2.24) is 15.2 Å². The number of nitrogens with zero attached hydrogens (tertiary/aromatic N) is 2. The molecule has 130 valence electrons. The van der Waals surface area contributed by atoms with E-state index in [9.17, 15) is 14.4 Å². The van der Waals surface area contributed by atoms with Gasteiger partial charge in [-0.05, 0) is 12.5 Å². The standard InChI is InChI=1S/C16H16N4O4S/c21-13-2-1-11(17-13)15(23)20-5-3-10-12(7-20)25-16(18-10)19-14(22)9-4-6-24-8-9/h4,6,8,11H,1-3,5,7H2,(H,17,21)(H,18,19,22)/t11-/m0/s1. The fourth-order valence-corrected chi connectivity index (χ4v) is 4.04. The molecule has 4 heterocycles. The SMILES string of the molecule is O=C1CC[C@@H](C(=O)N2CCc3nc(NC(=O)c4ccoc4)sc3C2)N1. The number of nitrogens with one attached hydrogen (secondary N) is 2. The van der Waals surface area contributed by atoms with Crippen molar-refractivity contribution in [2.45, 2.75) is 31.8 Å². The Labute approximate surface area is 147 Å². The number of amides is 3. The molecule has 9 heteroatoms. The van der Waals surface area contributed by atoms with Gasteiger partial charge in [0.2, 0.25) is 11.8 Å². The number of carbonyl (C=O) groups is 3. The van der Waals surface area contributed by atoms with Crippen molar-refractivity contribution in [3.8, 4) is 0 Å². The van der Waals surface area contributed by atoms with E-state index in [2.05, 4.69) is 15.6 Å². The summed E-state index contributed by atoms with van der Waals surface area (Å²) in [6.45, 7) is 1.02. The third kappa shape index (κ3) is 3.14. The lowest BCUT2D eigenvalue weighted by Crippen LogP contribution is -2.46. The number of hydrogen-bond acceptors (Lipinski definition) is 6. The number of aromatic nitrogens is 1. The minimum atomic E-state index is -0.415. The Bertz CT molecular complexity index is 829. The first-order chi connectivity index (χ1) is 12.1. The molecule has 2 aliphatic heterocycles. The topological polar surface area (TPSA) is 105 Å². The van der Waals surface area contributed by atoms with Crippen LogP contribution in [0.5, 0.6) is 0 Å². The van der Waals surface area contributed by atoms with Crippen LogP contribution >= 0.6 is 11.3 Å². The Balaban J connectivity index is 1.43. The third-order valence-corrected chi connectivity index (χ3v) is 5.34. The number of hydrogen-bond donors (Lipinski definition) is 2. The molecule has 0 aromatic carbocycles. The summed E-state index contributed by atoms with van der Waals surface area (Å²) in [5.74, 6) is -0.395. The van der Waals surface area contributed by atoms with Crippen LogP contribution in [0, 0.1) is 0 Å². The van der Waals surface area contributed by atoms with Gasteiger partial charge in [-0.2, -0.15) is 0 Å². The molecule has 2 aromatic rings. The highest BCUT2D eigenvalue weighted by molar-refractivity contribution is 7.15. The first-order valence-corrected chi connectivity index (χ1v) is 8.82. The molecule has 0 spiro atoms.